The van der Waals surface area contributed by atoms with E-state index in [9.17, 15) is 24.3 Å². The maximum Gasteiger partial charge on any atom is 0.335 e. The third kappa shape index (κ3) is 11.8. The molecule has 2 aromatic carbocycles. The molecular formula is C52H72N6O7. The van der Waals surface area contributed by atoms with Crippen LogP contribution in [0.2, 0.25) is 0 Å². The van der Waals surface area contributed by atoms with Crippen molar-refractivity contribution in [2.24, 2.45) is 43.5 Å². The van der Waals surface area contributed by atoms with Gasteiger partial charge in [0.05, 0.1) is 5.56 Å². The maximum atomic E-state index is 12.8. The maximum absolute atomic E-state index is 12.8. The zero-order chi connectivity index (χ0) is 45.5. The largest absolute Gasteiger partial charge is 0.478 e. The fraction of sp³-hybridized carbons (Fsp3) is 0.615. The number of ether oxygens (including phenoxy) is 2. The van der Waals surface area contributed by atoms with Gasteiger partial charge in [-0.25, -0.2) is 4.79 Å². The lowest BCUT2D eigenvalue weighted by molar-refractivity contribution is -0.122. The summed E-state index contributed by atoms with van der Waals surface area (Å²) in [6.45, 7) is 4.72. The van der Waals surface area contributed by atoms with Gasteiger partial charge in [0.15, 0.2) is 0 Å². The number of aromatic nitrogens is 2. The van der Waals surface area contributed by atoms with Crippen molar-refractivity contribution in [1.82, 2.24) is 25.1 Å². The Morgan fingerprint density at radius 1 is 0.631 bits per heavy atom. The number of aromatic carboxylic acids is 1. The number of hydrogen-bond acceptors (Lipinski definition) is 7. The monoisotopic (exact) mass is 893 g/mol. The Balaban J connectivity index is 0.000000151. The molecule has 2 unspecified atom stereocenters. The quantitative estimate of drug-likeness (QED) is 0.0900. The van der Waals surface area contributed by atoms with Crippen molar-refractivity contribution in [1.29, 1.82) is 0 Å². The molecule has 6 N–H and O–H groups in total. The molecule has 2 aromatic heterocycles. The number of benzene rings is 2. The molecule has 4 heterocycles. The first-order chi connectivity index (χ1) is 31.6. The van der Waals surface area contributed by atoms with Gasteiger partial charge in [0, 0.05) is 111 Å². The first-order valence-electron chi connectivity index (χ1n) is 24.7. The molecule has 4 aliphatic carbocycles. The minimum Gasteiger partial charge on any atom is -0.478 e. The Morgan fingerprint density at radius 2 is 1.09 bits per heavy atom. The van der Waals surface area contributed by atoms with Gasteiger partial charge in [0.2, 0.25) is 11.8 Å². The van der Waals surface area contributed by atoms with Gasteiger partial charge in [0.25, 0.3) is 5.91 Å². The van der Waals surface area contributed by atoms with Crippen molar-refractivity contribution in [3.8, 4) is 0 Å². The Bertz CT molecular complexity index is 2310. The average Bonchev–Trinajstić information content (AvgIpc) is 4.29. The standard InChI is InChI=1S/C26H35N3O3.C19H23NO3.C7H14N2O/c1-29-23-8-4-18(17-10-13-32-14-11-17)15-21(23)22-16-19(5-9-24(22)29)26(31)27-12-2-3-25(30)28-20-6-7-20;1-20-17-4-2-13(12-6-8-23-9-7-12)10-15(17)16-11-14(19(21)22)3-5-18(16)20;8-5-1-2-7(10)9-6-3-4-6/h5,9,16-18,20H,2-4,6-8,10-15H2,1H3,(H,27,31)(H,28,30);3,5,11-13H,2,4,6-10H2,1H3,(H,21,22);6H,1-5,8H2,(H,9,10). The van der Waals surface area contributed by atoms with Crippen LogP contribution in [-0.2, 0) is 58.8 Å². The number of fused-ring (bicyclic) bond motifs is 6. The third-order valence-corrected chi connectivity index (χ3v) is 15.0. The number of carboxylic acid groups (broad SMARTS) is 1. The summed E-state index contributed by atoms with van der Waals surface area (Å²) in [4.78, 5) is 46.8. The molecule has 4 fully saturated rings. The highest BCUT2D eigenvalue weighted by Gasteiger charge is 2.33. The molecule has 6 aliphatic rings. The molecule has 2 atom stereocenters. The summed E-state index contributed by atoms with van der Waals surface area (Å²) in [5.74, 6) is 2.31. The number of rotatable bonds is 13. The van der Waals surface area contributed by atoms with Crippen molar-refractivity contribution >= 4 is 45.5 Å². The highest BCUT2D eigenvalue weighted by atomic mass is 16.5. The van der Waals surface area contributed by atoms with E-state index in [4.69, 9.17) is 15.2 Å². The number of carbonyl (C=O) groups is 4. The van der Waals surface area contributed by atoms with Crippen LogP contribution in [-0.4, -0.2) is 89.5 Å². The fourth-order valence-corrected chi connectivity index (χ4v) is 10.9. The molecule has 3 amide bonds. The van der Waals surface area contributed by atoms with Crippen LogP contribution in [0.3, 0.4) is 0 Å². The van der Waals surface area contributed by atoms with Gasteiger partial charge in [-0.1, -0.05) is 0 Å². The topological polar surface area (TPSA) is 179 Å². The van der Waals surface area contributed by atoms with Crippen molar-refractivity contribution in [3.63, 3.8) is 0 Å². The highest BCUT2D eigenvalue weighted by molar-refractivity contribution is 5.99. The van der Waals surface area contributed by atoms with E-state index in [2.05, 4.69) is 51.3 Å². The van der Waals surface area contributed by atoms with Crippen LogP contribution in [0.4, 0.5) is 0 Å². The van der Waals surface area contributed by atoms with Gasteiger partial charge in [0.1, 0.15) is 0 Å². The van der Waals surface area contributed by atoms with Crippen LogP contribution < -0.4 is 21.7 Å². The van der Waals surface area contributed by atoms with E-state index in [0.29, 0.717) is 61.5 Å². The van der Waals surface area contributed by atoms with Crippen molar-refractivity contribution in [3.05, 3.63) is 70.0 Å². The predicted octanol–water partition coefficient (Wildman–Crippen LogP) is 6.91. The minimum atomic E-state index is -0.846. The van der Waals surface area contributed by atoms with E-state index in [-0.39, 0.29) is 17.7 Å². The van der Waals surface area contributed by atoms with Crippen LogP contribution in [0.15, 0.2) is 36.4 Å². The molecule has 0 radical (unpaired) electrons. The smallest absolute Gasteiger partial charge is 0.335 e. The van der Waals surface area contributed by atoms with Gasteiger partial charge in [-0.3, -0.25) is 14.4 Å². The van der Waals surface area contributed by atoms with E-state index in [1.54, 1.807) is 6.07 Å². The Kier molecular flexibility index (Phi) is 15.6. The lowest BCUT2D eigenvalue weighted by Gasteiger charge is -2.33. The Labute approximate surface area is 383 Å². The summed E-state index contributed by atoms with van der Waals surface area (Å²) in [7, 11) is 4.26. The van der Waals surface area contributed by atoms with Crippen molar-refractivity contribution < 1.29 is 33.8 Å². The number of nitrogens with zero attached hydrogens (tertiary/aromatic N) is 2. The van der Waals surface area contributed by atoms with Crippen LogP contribution in [0.25, 0.3) is 21.8 Å². The fourth-order valence-electron chi connectivity index (χ4n) is 10.9. The molecule has 2 saturated heterocycles. The minimum absolute atomic E-state index is 0.0520. The van der Waals surface area contributed by atoms with Crippen LogP contribution in [0.5, 0.6) is 0 Å². The van der Waals surface area contributed by atoms with Gasteiger partial charge in [-0.05, 0) is 180 Å². The predicted molar refractivity (Wildman–Crippen MR) is 253 cm³/mol. The van der Waals surface area contributed by atoms with Gasteiger partial charge in [-0.15, -0.1) is 0 Å². The molecule has 65 heavy (non-hydrogen) atoms. The second-order valence-corrected chi connectivity index (χ2v) is 19.6. The second-order valence-electron chi connectivity index (χ2n) is 19.6. The zero-order valence-electron chi connectivity index (χ0n) is 38.8. The highest BCUT2D eigenvalue weighted by Crippen LogP contribution is 2.41. The summed E-state index contributed by atoms with van der Waals surface area (Å²) in [5.41, 5.74) is 14.4. The zero-order valence-corrected chi connectivity index (χ0v) is 38.8. The molecule has 2 saturated carbocycles. The number of carbonyl (C=O) groups excluding carboxylic acids is 3. The molecule has 2 aliphatic heterocycles. The van der Waals surface area contributed by atoms with E-state index in [1.165, 1.54) is 71.9 Å². The van der Waals surface area contributed by atoms with Gasteiger partial charge < -0.3 is 45.4 Å². The average molecular weight is 893 g/mol. The van der Waals surface area contributed by atoms with Crippen LogP contribution in [0, 0.1) is 23.7 Å². The number of nitrogens with one attached hydrogen (secondary N) is 3. The lowest BCUT2D eigenvalue weighted by Crippen LogP contribution is -2.28. The van der Waals surface area contributed by atoms with E-state index >= 15 is 0 Å². The van der Waals surface area contributed by atoms with E-state index < -0.39 is 5.97 Å². The number of aryl methyl sites for hydroxylation is 2. The van der Waals surface area contributed by atoms with Gasteiger partial charge in [-0.2, -0.15) is 0 Å². The molecule has 0 spiro atoms. The summed E-state index contributed by atoms with van der Waals surface area (Å²) in [6, 6.07) is 12.5. The summed E-state index contributed by atoms with van der Waals surface area (Å²) in [5, 5.41) is 20.5. The molecule has 13 nitrogen and oxygen atoms in total. The summed E-state index contributed by atoms with van der Waals surface area (Å²) in [6.07, 6.45) is 18.7. The molecule has 0 bridgehead atoms. The number of amides is 3. The SMILES string of the molecule is Cn1c2c(c3cc(C(=O)NCCCC(=O)NC4CC4)ccc31)CC(C1CCOCC1)CC2.Cn1c2c(c3cc(C(=O)O)ccc31)CC(C1CCOCC1)CC2.NCCCC(=O)NC1CC1. The van der Waals surface area contributed by atoms with E-state index in [1.807, 2.05) is 18.2 Å². The molecular weight excluding hydrogens is 821 g/mol. The normalized spacial score (nSPS) is 21.0. The van der Waals surface area contributed by atoms with Crippen molar-refractivity contribution in [2.75, 3.05) is 39.5 Å². The van der Waals surface area contributed by atoms with Crippen molar-refractivity contribution in [2.45, 2.75) is 128 Å². The summed E-state index contributed by atoms with van der Waals surface area (Å²) < 4.78 is 15.7. The van der Waals surface area contributed by atoms with Crippen LogP contribution in [0.1, 0.15) is 133 Å². The molecule has 13 heteroatoms. The van der Waals surface area contributed by atoms with Gasteiger partial charge >= 0.3 is 5.97 Å². The first kappa shape index (κ1) is 46.8. The first-order valence-corrected chi connectivity index (χ1v) is 24.7. The molecule has 10 rings (SSSR count). The lowest BCUT2D eigenvalue weighted by atomic mass is 9.75. The molecule has 4 aromatic rings. The number of hydrogen-bond donors (Lipinski definition) is 5. The Morgan fingerprint density at radius 3 is 1.55 bits per heavy atom. The third-order valence-electron chi connectivity index (χ3n) is 15.0. The molecule has 352 valence electrons. The second kappa shape index (κ2) is 21.7. The Hall–Kier alpha value is -4.72. The number of carboxylic acids is 1. The van der Waals surface area contributed by atoms with Crippen LogP contribution >= 0.6 is 0 Å². The van der Waals surface area contributed by atoms with E-state index in [0.717, 1.165) is 113 Å². The summed E-state index contributed by atoms with van der Waals surface area (Å²) >= 11 is 0. The number of nitrogens with two attached hydrogens (primary N) is 1.